The predicted octanol–water partition coefficient (Wildman–Crippen LogP) is 3.07. The molecule has 130 valence electrons. The number of hydrogen-bond donors (Lipinski definition) is 1. The number of carbonyl (C=O) groups excluding carboxylic acids is 2. The van der Waals surface area contributed by atoms with Crippen molar-refractivity contribution in [2.24, 2.45) is 0 Å². The van der Waals surface area contributed by atoms with Crippen molar-refractivity contribution in [1.82, 2.24) is 4.31 Å². The highest BCUT2D eigenvalue weighted by atomic mass is 35.5. The van der Waals surface area contributed by atoms with Gasteiger partial charge < -0.3 is 5.32 Å². The van der Waals surface area contributed by atoms with Crippen LogP contribution in [0.2, 0.25) is 5.02 Å². The Morgan fingerprint density at radius 2 is 1.92 bits per heavy atom. The molecule has 0 fully saturated rings. The van der Waals surface area contributed by atoms with E-state index in [1.165, 1.54) is 18.2 Å². The van der Waals surface area contributed by atoms with E-state index in [1.807, 2.05) is 6.92 Å². The molecule has 0 atom stereocenters. The number of nitrogens with zero attached hydrogens (tertiary/aromatic N) is 1. The second kappa shape index (κ2) is 6.16. The summed E-state index contributed by atoms with van der Waals surface area (Å²) in [5.74, 6) is -1.09. The predicted molar refractivity (Wildman–Crippen MR) is 94.5 cm³/mol. The summed E-state index contributed by atoms with van der Waals surface area (Å²) in [7, 11) is -3.91. The van der Waals surface area contributed by atoms with Crippen molar-refractivity contribution in [3.8, 4) is 0 Å². The molecule has 0 radical (unpaired) electrons. The van der Waals surface area contributed by atoms with E-state index in [0.717, 1.165) is 9.87 Å². The van der Waals surface area contributed by atoms with Crippen molar-refractivity contribution < 1.29 is 18.0 Å². The van der Waals surface area contributed by atoms with Crippen molar-refractivity contribution in [3.05, 3.63) is 58.1 Å². The van der Waals surface area contributed by atoms with E-state index in [2.05, 4.69) is 5.32 Å². The largest absolute Gasteiger partial charge is 0.321 e. The highest BCUT2D eigenvalue weighted by molar-refractivity contribution is 7.90. The lowest BCUT2D eigenvalue weighted by molar-refractivity contribution is 0.0875. The fraction of sp³-hybridized carbons (Fsp3) is 0.176. The number of benzene rings is 2. The molecule has 2 aromatic rings. The van der Waals surface area contributed by atoms with E-state index >= 15 is 0 Å². The highest BCUT2D eigenvalue weighted by Gasteiger charge is 2.40. The van der Waals surface area contributed by atoms with Crippen LogP contribution in [-0.4, -0.2) is 31.1 Å². The number of amides is 2. The lowest BCUT2D eigenvalue weighted by Crippen LogP contribution is -2.29. The molecule has 1 aliphatic heterocycles. The molecule has 1 heterocycles. The maximum atomic E-state index is 12.4. The van der Waals surface area contributed by atoms with Gasteiger partial charge in [-0.25, -0.2) is 12.7 Å². The normalized spacial score (nSPS) is 15.2. The van der Waals surface area contributed by atoms with Crippen LogP contribution in [0.5, 0.6) is 0 Å². The fourth-order valence-electron chi connectivity index (χ4n) is 2.65. The molecule has 0 aliphatic carbocycles. The maximum absolute atomic E-state index is 12.4. The first-order valence-corrected chi connectivity index (χ1v) is 9.36. The standard InChI is InChI=1S/C17H15ClN2O4S/c1-3-20-17(22)12-6-5-11(9-15(12)25(20,23)24)16(21)19-14-7-4-10(2)8-13(14)18/h4-9H,3H2,1-2H3,(H,19,21). The Bertz CT molecular complexity index is 1000. The molecule has 25 heavy (non-hydrogen) atoms. The third kappa shape index (κ3) is 2.89. The molecule has 0 saturated carbocycles. The van der Waals surface area contributed by atoms with Gasteiger partial charge >= 0.3 is 0 Å². The summed E-state index contributed by atoms with van der Waals surface area (Å²) < 4.78 is 25.6. The zero-order valence-electron chi connectivity index (χ0n) is 13.5. The molecular weight excluding hydrogens is 364 g/mol. The molecule has 2 amide bonds. The Hall–Kier alpha value is -2.38. The first kappa shape index (κ1) is 17.4. The van der Waals surface area contributed by atoms with Gasteiger partial charge in [-0.05, 0) is 49.7 Å². The second-order valence-electron chi connectivity index (χ2n) is 5.62. The molecule has 2 aromatic carbocycles. The van der Waals surface area contributed by atoms with Gasteiger partial charge in [0, 0.05) is 12.1 Å². The van der Waals surface area contributed by atoms with Crippen LogP contribution < -0.4 is 5.32 Å². The third-order valence-corrected chi connectivity index (χ3v) is 6.14. The number of rotatable bonds is 3. The van der Waals surface area contributed by atoms with Crippen LogP contribution in [0.1, 0.15) is 33.2 Å². The average molecular weight is 379 g/mol. The average Bonchev–Trinajstić information content (AvgIpc) is 2.75. The lowest BCUT2D eigenvalue weighted by atomic mass is 10.1. The number of anilines is 1. The first-order chi connectivity index (χ1) is 11.8. The molecule has 3 rings (SSSR count). The number of carbonyl (C=O) groups is 2. The molecule has 0 saturated heterocycles. The monoisotopic (exact) mass is 378 g/mol. The molecule has 1 N–H and O–H groups in total. The van der Waals surface area contributed by atoms with Crippen molar-refractivity contribution in [2.45, 2.75) is 18.7 Å². The molecule has 8 heteroatoms. The molecule has 1 aliphatic rings. The molecule has 0 spiro atoms. The number of nitrogens with one attached hydrogen (secondary N) is 1. The summed E-state index contributed by atoms with van der Waals surface area (Å²) >= 11 is 6.10. The smallest absolute Gasteiger partial charge is 0.268 e. The minimum absolute atomic E-state index is 0.0380. The van der Waals surface area contributed by atoms with E-state index < -0.39 is 21.8 Å². The van der Waals surface area contributed by atoms with Gasteiger partial charge in [0.25, 0.3) is 21.8 Å². The van der Waals surface area contributed by atoms with Crippen LogP contribution in [-0.2, 0) is 10.0 Å². The van der Waals surface area contributed by atoms with Crippen molar-refractivity contribution in [3.63, 3.8) is 0 Å². The molecular formula is C17H15ClN2O4S. The molecule has 6 nitrogen and oxygen atoms in total. The Kier molecular flexibility index (Phi) is 4.30. The van der Waals surface area contributed by atoms with Gasteiger partial charge in [-0.3, -0.25) is 9.59 Å². The van der Waals surface area contributed by atoms with Gasteiger partial charge in [-0.1, -0.05) is 17.7 Å². The van der Waals surface area contributed by atoms with Gasteiger partial charge in [-0.2, -0.15) is 0 Å². The van der Waals surface area contributed by atoms with E-state index in [1.54, 1.807) is 25.1 Å². The highest BCUT2D eigenvalue weighted by Crippen LogP contribution is 2.31. The maximum Gasteiger partial charge on any atom is 0.268 e. The van der Waals surface area contributed by atoms with Gasteiger partial charge in [0.05, 0.1) is 16.3 Å². The Balaban J connectivity index is 1.96. The Labute approximate surface area is 150 Å². The van der Waals surface area contributed by atoms with Gasteiger partial charge in [-0.15, -0.1) is 0 Å². The van der Waals surface area contributed by atoms with E-state index in [9.17, 15) is 18.0 Å². The van der Waals surface area contributed by atoms with E-state index in [4.69, 9.17) is 11.6 Å². The lowest BCUT2D eigenvalue weighted by Gasteiger charge is -2.11. The van der Waals surface area contributed by atoms with Crippen LogP contribution in [0.4, 0.5) is 5.69 Å². The zero-order chi connectivity index (χ0) is 18.4. The Morgan fingerprint density at radius 3 is 2.56 bits per heavy atom. The van der Waals surface area contributed by atoms with E-state index in [0.29, 0.717) is 10.7 Å². The topological polar surface area (TPSA) is 83.6 Å². The second-order valence-corrected chi connectivity index (χ2v) is 7.86. The van der Waals surface area contributed by atoms with Gasteiger partial charge in [0.1, 0.15) is 4.90 Å². The zero-order valence-corrected chi connectivity index (χ0v) is 15.1. The summed E-state index contributed by atoms with van der Waals surface area (Å²) in [4.78, 5) is 24.4. The minimum Gasteiger partial charge on any atom is -0.321 e. The molecule has 0 aromatic heterocycles. The number of halogens is 1. The summed E-state index contributed by atoms with van der Waals surface area (Å²) in [5, 5.41) is 3.03. The molecule has 0 unspecified atom stereocenters. The summed E-state index contributed by atoms with van der Waals surface area (Å²) in [6.07, 6.45) is 0. The number of sulfonamides is 1. The summed E-state index contributed by atoms with van der Waals surface area (Å²) in [6.45, 7) is 3.49. The first-order valence-electron chi connectivity index (χ1n) is 7.54. The van der Waals surface area contributed by atoms with Crippen LogP contribution in [0, 0.1) is 6.92 Å². The number of aryl methyl sites for hydroxylation is 1. The quantitative estimate of drug-likeness (QED) is 0.889. The van der Waals surface area contributed by atoms with Gasteiger partial charge in [0.2, 0.25) is 0 Å². The van der Waals surface area contributed by atoms with Crippen molar-refractivity contribution in [1.29, 1.82) is 0 Å². The van der Waals surface area contributed by atoms with Crippen molar-refractivity contribution >= 4 is 39.1 Å². The van der Waals surface area contributed by atoms with Crippen molar-refractivity contribution in [2.75, 3.05) is 11.9 Å². The summed E-state index contributed by atoms with van der Waals surface area (Å²) in [6, 6.07) is 9.17. The third-order valence-electron chi connectivity index (χ3n) is 3.93. The SMILES string of the molecule is CCN1C(=O)c2ccc(C(=O)Nc3ccc(C)cc3Cl)cc2S1(=O)=O. The van der Waals surface area contributed by atoms with Crippen LogP contribution in [0.3, 0.4) is 0 Å². The Morgan fingerprint density at radius 1 is 1.20 bits per heavy atom. The minimum atomic E-state index is -3.91. The fourth-order valence-corrected chi connectivity index (χ4v) is 4.53. The van der Waals surface area contributed by atoms with Gasteiger partial charge in [0.15, 0.2) is 0 Å². The molecule has 0 bridgehead atoms. The van der Waals surface area contributed by atoms with Crippen LogP contribution >= 0.6 is 11.6 Å². The number of hydrogen-bond acceptors (Lipinski definition) is 4. The number of fused-ring (bicyclic) bond motifs is 1. The summed E-state index contributed by atoms with van der Waals surface area (Å²) in [5.41, 5.74) is 1.58. The van der Waals surface area contributed by atoms with Crippen LogP contribution in [0.15, 0.2) is 41.3 Å². The van der Waals surface area contributed by atoms with Crippen LogP contribution in [0.25, 0.3) is 0 Å². The van der Waals surface area contributed by atoms with E-state index in [-0.39, 0.29) is 22.6 Å².